The van der Waals surface area contributed by atoms with Crippen LogP contribution in [0.5, 0.6) is 0 Å². The second kappa shape index (κ2) is 10.3. The molecule has 1 N–H and O–H groups in total. The van der Waals surface area contributed by atoms with Crippen LogP contribution in [0.1, 0.15) is 61.6 Å². The molecule has 2 heterocycles. The van der Waals surface area contributed by atoms with E-state index < -0.39 is 40.6 Å². The summed E-state index contributed by atoms with van der Waals surface area (Å²) in [5, 5.41) is 16.5. The van der Waals surface area contributed by atoms with Gasteiger partial charge in [-0.15, -0.1) is 0 Å². The first-order valence-electron chi connectivity index (χ1n) is 11.8. The molecule has 7 nitrogen and oxygen atoms in total. The number of likely N-dealkylation sites (tertiary alicyclic amines) is 1. The summed E-state index contributed by atoms with van der Waals surface area (Å²) in [6.45, 7) is 6.32. The highest BCUT2D eigenvalue weighted by Crippen LogP contribution is 2.47. The number of hydrogen-bond acceptors (Lipinski definition) is 6. The molecule has 0 aliphatic carbocycles. The molecule has 0 spiro atoms. The highest BCUT2D eigenvalue weighted by atomic mass is 35.5. The van der Waals surface area contributed by atoms with Crippen LogP contribution < -0.4 is 0 Å². The summed E-state index contributed by atoms with van der Waals surface area (Å²) in [6, 6.07) is 7.82. The second-order valence-corrected chi connectivity index (χ2v) is 11.0. The molecule has 11 heteroatoms. The molecule has 0 unspecified atom stereocenters. The van der Waals surface area contributed by atoms with E-state index in [4.69, 9.17) is 32.5 Å². The minimum atomic E-state index is -1.85. The SMILES string of the molecule is CC(=O)c1c([C@H]2CN(C(=O)OC(C)(C)C)CC[C@]2(O)c2ccc(F)c(F)c2)noc1-c1c(Cl)cccc1Cl. The van der Waals surface area contributed by atoms with Crippen LogP contribution in [0, 0.1) is 11.6 Å². The van der Waals surface area contributed by atoms with E-state index in [2.05, 4.69) is 5.16 Å². The van der Waals surface area contributed by atoms with Gasteiger partial charge in [-0.3, -0.25) is 4.79 Å². The maximum atomic E-state index is 14.3. The van der Waals surface area contributed by atoms with Gasteiger partial charge in [-0.2, -0.15) is 0 Å². The normalized spacial score (nSPS) is 19.9. The predicted octanol–water partition coefficient (Wildman–Crippen LogP) is 6.74. The van der Waals surface area contributed by atoms with Gasteiger partial charge in [-0.05, 0) is 63.9 Å². The molecule has 0 saturated carbocycles. The Hall–Kier alpha value is -3.01. The lowest BCUT2D eigenvalue weighted by atomic mass is 9.73. The summed E-state index contributed by atoms with van der Waals surface area (Å²) in [6.07, 6.45) is -0.731. The van der Waals surface area contributed by atoms with Crippen molar-refractivity contribution in [3.05, 3.63) is 74.9 Å². The molecule has 2 aromatic carbocycles. The molecular weight excluding hydrogens is 541 g/mol. The molecule has 1 amide bonds. The first kappa shape index (κ1) is 28.0. The van der Waals surface area contributed by atoms with Crippen LogP contribution in [0.15, 0.2) is 40.9 Å². The third-order valence-electron chi connectivity index (χ3n) is 6.40. The van der Waals surface area contributed by atoms with E-state index in [0.717, 1.165) is 12.1 Å². The number of amides is 1. The number of carbonyl (C=O) groups excluding carboxylic acids is 2. The van der Waals surface area contributed by atoms with Crippen LogP contribution in [0.25, 0.3) is 11.3 Å². The van der Waals surface area contributed by atoms with Gasteiger partial charge >= 0.3 is 6.09 Å². The fraction of sp³-hybridized carbons (Fsp3) is 0.370. The predicted molar refractivity (Wildman–Crippen MR) is 137 cm³/mol. The Labute approximate surface area is 228 Å². The standard InChI is InChI=1S/C27H26Cl2F2N2O5/c1-14(34)21-23(32-38-24(21)22-17(28)6-5-7-18(22)29)16-13-33(25(35)37-26(2,3)4)11-10-27(16,36)15-8-9-19(30)20(31)12-15/h5-9,12,16,36H,10-11,13H2,1-4H3/t16-,27+/m1/s1. The summed E-state index contributed by atoms with van der Waals surface area (Å²) in [5.74, 6) is -3.80. The van der Waals surface area contributed by atoms with E-state index in [1.165, 1.54) is 17.9 Å². The van der Waals surface area contributed by atoms with Gasteiger partial charge in [0.1, 0.15) is 16.9 Å². The molecule has 3 aromatic rings. The molecule has 202 valence electrons. The smallest absolute Gasteiger partial charge is 0.410 e. The van der Waals surface area contributed by atoms with Crippen LogP contribution in [0.2, 0.25) is 10.0 Å². The van der Waals surface area contributed by atoms with Crippen molar-refractivity contribution in [3.8, 4) is 11.3 Å². The van der Waals surface area contributed by atoms with Crippen molar-refractivity contribution in [2.24, 2.45) is 0 Å². The zero-order valence-corrected chi connectivity index (χ0v) is 22.7. The van der Waals surface area contributed by atoms with E-state index in [9.17, 15) is 23.5 Å². The molecule has 0 radical (unpaired) electrons. The largest absolute Gasteiger partial charge is 0.444 e. The Morgan fingerprint density at radius 1 is 1.16 bits per heavy atom. The van der Waals surface area contributed by atoms with Crippen molar-refractivity contribution in [2.45, 2.75) is 51.2 Å². The average Bonchev–Trinajstić information content (AvgIpc) is 3.24. The Balaban J connectivity index is 1.89. The van der Waals surface area contributed by atoms with Crippen LogP contribution in [-0.4, -0.2) is 45.7 Å². The zero-order chi connectivity index (χ0) is 28.0. The van der Waals surface area contributed by atoms with Gasteiger partial charge in [-0.1, -0.05) is 40.5 Å². The Kier molecular flexibility index (Phi) is 7.58. The molecule has 1 fully saturated rings. The fourth-order valence-corrected chi connectivity index (χ4v) is 5.19. The molecule has 1 aliphatic heterocycles. The number of benzene rings is 2. The summed E-state index contributed by atoms with van der Waals surface area (Å²) in [7, 11) is 0. The minimum Gasteiger partial charge on any atom is -0.444 e. The topological polar surface area (TPSA) is 92.9 Å². The van der Waals surface area contributed by atoms with Gasteiger partial charge in [0, 0.05) is 13.1 Å². The lowest BCUT2D eigenvalue weighted by molar-refractivity contribution is -0.0546. The van der Waals surface area contributed by atoms with Gasteiger partial charge in [0.2, 0.25) is 0 Å². The number of aliphatic hydroxyl groups is 1. The van der Waals surface area contributed by atoms with Gasteiger partial charge in [0.25, 0.3) is 0 Å². The fourth-order valence-electron chi connectivity index (χ4n) is 4.62. The molecule has 0 bridgehead atoms. The van der Waals surface area contributed by atoms with Crippen LogP contribution in [-0.2, 0) is 10.3 Å². The molecule has 4 rings (SSSR count). The van der Waals surface area contributed by atoms with Crippen molar-refractivity contribution < 1.29 is 32.7 Å². The summed E-state index contributed by atoms with van der Waals surface area (Å²) < 4.78 is 39.1. The lowest BCUT2D eigenvalue weighted by Crippen LogP contribution is -2.52. The minimum absolute atomic E-state index is 0.00273. The monoisotopic (exact) mass is 566 g/mol. The van der Waals surface area contributed by atoms with E-state index in [1.807, 2.05) is 0 Å². The van der Waals surface area contributed by atoms with Crippen molar-refractivity contribution in [1.29, 1.82) is 0 Å². The summed E-state index contributed by atoms with van der Waals surface area (Å²) >= 11 is 12.7. The molecule has 38 heavy (non-hydrogen) atoms. The van der Waals surface area contributed by atoms with Gasteiger partial charge in [-0.25, -0.2) is 13.6 Å². The molecule has 1 saturated heterocycles. The molecule has 1 aromatic heterocycles. The highest BCUT2D eigenvalue weighted by molar-refractivity contribution is 6.39. The summed E-state index contributed by atoms with van der Waals surface area (Å²) in [5.41, 5.74) is -2.33. The van der Waals surface area contributed by atoms with Crippen molar-refractivity contribution in [3.63, 3.8) is 0 Å². The number of nitrogens with zero attached hydrogens (tertiary/aromatic N) is 2. The van der Waals surface area contributed by atoms with E-state index >= 15 is 0 Å². The Bertz CT molecular complexity index is 1380. The number of piperidine rings is 1. The number of ketones is 1. The highest BCUT2D eigenvalue weighted by Gasteiger charge is 2.49. The number of rotatable bonds is 4. The van der Waals surface area contributed by atoms with Crippen LogP contribution >= 0.6 is 23.2 Å². The second-order valence-electron chi connectivity index (χ2n) is 10.2. The number of aromatic nitrogens is 1. The van der Waals surface area contributed by atoms with Gasteiger partial charge in [0.05, 0.1) is 27.1 Å². The van der Waals surface area contributed by atoms with Crippen molar-refractivity contribution in [1.82, 2.24) is 10.1 Å². The maximum Gasteiger partial charge on any atom is 0.410 e. The number of hydrogen-bond donors (Lipinski definition) is 1. The van der Waals surface area contributed by atoms with Crippen molar-refractivity contribution in [2.75, 3.05) is 13.1 Å². The zero-order valence-electron chi connectivity index (χ0n) is 21.1. The van der Waals surface area contributed by atoms with E-state index in [1.54, 1.807) is 39.0 Å². The quantitative estimate of drug-likeness (QED) is 0.351. The molecule has 2 atom stereocenters. The van der Waals surface area contributed by atoms with Crippen LogP contribution in [0.4, 0.5) is 13.6 Å². The first-order chi connectivity index (χ1) is 17.7. The Morgan fingerprint density at radius 2 is 1.82 bits per heavy atom. The molecular formula is C27H26Cl2F2N2O5. The first-order valence-corrected chi connectivity index (χ1v) is 12.6. The van der Waals surface area contributed by atoms with E-state index in [-0.39, 0.29) is 57.7 Å². The van der Waals surface area contributed by atoms with E-state index in [0.29, 0.717) is 0 Å². The third kappa shape index (κ3) is 5.28. The Morgan fingerprint density at radius 3 is 2.39 bits per heavy atom. The number of halogens is 4. The van der Waals surface area contributed by atoms with Crippen LogP contribution in [0.3, 0.4) is 0 Å². The van der Waals surface area contributed by atoms with Gasteiger partial charge < -0.3 is 19.3 Å². The lowest BCUT2D eigenvalue weighted by Gasteiger charge is -2.44. The van der Waals surface area contributed by atoms with Gasteiger partial charge in [0.15, 0.2) is 23.2 Å². The number of ether oxygens (including phenoxy) is 1. The third-order valence-corrected chi connectivity index (χ3v) is 7.03. The average molecular weight is 567 g/mol. The number of Topliss-reactive ketones (excluding diaryl/α,β-unsaturated/α-hetero) is 1. The maximum absolute atomic E-state index is 14.3. The van der Waals surface area contributed by atoms with Crippen molar-refractivity contribution >= 4 is 35.1 Å². The number of carbonyl (C=O) groups is 2. The molecule has 1 aliphatic rings. The summed E-state index contributed by atoms with van der Waals surface area (Å²) in [4.78, 5) is 27.3.